The van der Waals surface area contributed by atoms with Gasteiger partial charge in [0, 0.05) is 5.92 Å². The van der Waals surface area contributed by atoms with Crippen LogP contribution in [0, 0.1) is 17.8 Å². The number of methoxy groups -OCH3 is 1. The predicted octanol–water partition coefficient (Wildman–Crippen LogP) is 3.25. The Morgan fingerprint density at radius 2 is 2.05 bits per heavy atom. The maximum absolute atomic E-state index is 12.2. The number of hydrogen-bond donors (Lipinski definition) is 0. The van der Waals surface area contributed by atoms with Crippen molar-refractivity contribution in [1.29, 1.82) is 0 Å². The predicted molar refractivity (Wildman–Crippen MR) is 79.5 cm³/mol. The van der Waals surface area contributed by atoms with Crippen molar-refractivity contribution in [2.45, 2.75) is 57.5 Å². The van der Waals surface area contributed by atoms with Gasteiger partial charge in [0.1, 0.15) is 5.60 Å². The number of hydrogen-bond acceptors (Lipinski definition) is 4. The van der Waals surface area contributed by atoms with Crippen LogP contribution in [0.4, 0.5) is 0 Å². The van der Waals surface area contributed by atoms with E-state index in [-0.39, 0.29) is 35.8 Å². The molecule has 0 heterocycles. The molecule has 21 heavy (non-hydrogen) atoms. The molecule has 2 rings (SSSR count). The summed E-state index contributed by atoms with van der Waals surface area (Å²) in [7, 11) is 1.39. The summed E-state index contributed by atoms with van der Waals surface area (Å²) in [5.74, 6) is -0.248. The Balaban J connectivity index is 1.89. The zero-order valence-electron chi connectivity index (χ0n) is 13.1. The zero-order valence-corrected chi connectivity index (χ0v) is 13.1. The zero-order chi connectivity index (χ0) is 15.5. The first-order valence-electron chi connectivity index (χ1n) is 7.90. The first kappa shape index (κ1) is 16.1. The van der Waals surface area contributed by atoms with E-state index in [0.717, 1.165) is 38.5 Å². The third-order valence-electron chi connectivity index (χ3n) is 5.01. The first-order valence-corrected chi connectivity index (χ1v) is 7.90. The molecule has 2 fully saturated rings. The van der Waals surface area contributed by atoms with E-state index < -0.39 is 0 Å². The van der Waals surface area contributed by atoms with Crippen LogP contribution in [-0.4, -0.2) is 24.6 Å². The highest BCUT2D eigenvalue weighted by Gasteiger charge is 2.53. The number of allylic oxidation sites excluding steroid dienone is 1. The van der Waals surface area contributed by atoms with Gasteiger partial charge in [0.2, 0.25) is 0 Å². The molecule has 0 N–H and O–H groups in total. The molecule has 2 saturated carbocycles. The van der Waals surface area contributed by atoms with Gasteiger partial charge < -0.3 is 9.47 Å². The lowest BCUT2D eigenvalue weighted by molar-refractivity contribution is -0.159. The van der Waals surface area contributed by atoms with Crippen molar-refractivity contribution in [2.24, 2.45) is 17.8 Å². The molecule has 0 aromatic heterocycles. The van der Waals surface area contributed by atoms with E-state index in [1.54, 1.807) is 0 Å². The number of ether oxygens (including phenoxy) is 2. The largest absolute Gasteiger partial charge is 0.469 e. The molecular weight excluding hydrogens is 268 g/mol. The molecule has 0 aliphatic heterocycles. The second kappa shape index (κ2) is 6.63. The molecule has 0 unspecified atom stereocenters. The van der Waals surface area contributed by atoms with Crippen LogP contribution in [0.2, 0.25) is 0 Å². The fourth-order valence-electron chi connectivity index (χ4n) is 3.52. The minimum atomic E-state index is -0.360. The van der Waals surface area contributed by atoms with Gasteiger partial charge in [0.25, 0.3) is 0 Å². The highest BCUT2D eigenvalue weighted by atomic mass is 16.6. The molecule has 4 heteroatoms. The Bertz CT molecular complexity index is 411. The van der Waals surface area contributed by atoms with Gasteiger partial charge in [-0.05, 0) is 38.5 Å². The summed E-state index contributed by atoms with van der Waals surface area (Å²) in [6.07, 6.45) is 8.03. The third-order valence-corrected chi connectivity index (χ3v) is 5.01. The maximum atomic E-state index is 12.2. The van der Waals surface area contributed by atoms with Crippen LogP contribution in [0.15, 0.2) is 12.7 Å². The molecule has 2 aliphatic carbocycles. The van der Waals surface area contributed by atoms with Crippen LogP contribution in [0.3, 0.4) is 0 Å². The Labute approximate surface area is 126 Å². The Morgan fingerprint density at radius 3 is 2.62 bits per heavy atom. The quantitative estimate of drug-likeness (QED) is 0.534. The second-order valence-electron chi connectivity index (χ2n) is 6.59. The molecule has 0 saturated heterocycles. The fraction of sp³-hybridized carbons (Fsp3) is 0.765. The average Bonchev–Trinajstić information content (AvgIpc) is 2.88. The highest BCUT2D eigenvalue weighted by molar-refractivity contribution is 5.80. The van der Waals surface area contributed by atoms with E-state index in [9.17, 15) is 9.59 Å². The maximum Gasteiger partial charge on any atom is 0.309 e. The van der Waals surface area contributed by atoms with Crippen molar-refractivity contribution < 1.29 is 19.1 Å². The fourth-order valence-corrected chi connectivity index (χ4v) is 3.52. The summed E-state index contributed by atoms with van der Waals surface area (Å²) >= 11 is 0. The Morgan fingerprint density at radius 1 is 1.38 bits per heavy atom. The smallest absolute Gasteiger partial charge is 0.309 e. The molecule has 4 nitrogen and oxygen atoms in total. The number of esters is 2. The monoisotopic (exact) mass is 294 g/mol. The summed E-state index contributed by atoms with van der Waals surface area (Å²) in [6.45, 7) is 5.68. The van der Waals surface area contributed by atoms with E-state index in [2.05, 4.69) is 6.58 Å². The lowest BCUT2D eigenvalue weighted by Crippen LogP contribution is -2.29. The molecule has 0 spiro atoms. The van der Waals surface area contributed by atoms with Crippen LogP contribution < -0.4 is 0 Å². The lowest BCUT2D eigenvalue weighted by atomic mass is 9.88. The molecule has 0 aromatic carbocycles. The van der Waals surface area contributed by atoms with Crippen LogP contribution in [-0.2, 0) is 19.1 Å². The summed E-state index contributed by atoms with van der Waals surface area (Å²) in [4.78, 5) is 24.1. The average molecular weight is 294 g/mol. The molecule has 2 aliphatic rings. The van der Waals surface area contributed by atoms with E-state index in [4.69, 9.17) is 9.47 Å². The SMILES string of the molecule is C=CC[C@@H]1C[C@@]1(C)OC(=O)C[C@H](C(=O)OC)C1CCCC1. The molecule has 0 radical (unpaired) electrons. The van der Waals surface area contributed by atoms with Crippen LogP contribution in [0.25, 0.3) is 0 Å². The second-order valence-corrected chi connectivity index (χ2v) is 6.59. The van der Waals surface area contributed by atoms with Crippen molar-refractivity contribution in [2.75, 3.05) is 7.11 Å². The summed E-state index contributed by atoms with van der Waals surface area (Å²) < 4.78 is 10.5. The molecule has 0 aromatic rings. The van der Waals surface area contributed by atoms with Crippen LogP contribution in [0.5, 0.6) is 0 Å². The molecule has 3 atom stereocenters. The van der Waals surface area contributed by atoms with Crippen LogP contribution in [0.1, 0.15) is 51.9 Å². The van der Waals surface area contributed by atoms with Gasteiger partial charge in [-0.1, -0.05) is 18.9 Å². The summed E-state index contributed by atoms with van der Waals surface area (Å²) in [5, 5.41) is 0. The normalized spacial score (nSPS) is 29.7. The van der Waals surface area contributed by atoms with Gasteiger partial charge in [0.15, 0.2) is 0 Å². The molecular formula is C17H26O4. The standard InChI is InChI=1S/C17H26O4/c1-4-7-13-11-17(13,2)21-15(18)10-14(16(19)20-3)12-8-5-6-9-12/h4,12-14H,1,5-11H2,2-3H3/t13-,14+,17-/m1/s1. The van der Waals surface area contributed by atoms with Gasteiger partial charge in [-0.15, -0.1) is 6.58 Å². The first-order chi connectivity index (χ1) is 10.00. The molecule has 0 amide bonds. The van der Waals surface area contributed by atoms with Gasteiger partial charge in [-0.25, -0.2) is 0 Å². The topological polar surface area (TPSA) is 52.6 Å². The van der Waals surface area contributed by atoms with Crippen molar-refractivity contribution in [3.8, 4) is 0 Å². The lowest BCUT2D eigenvalue weighted by Gasteiger charge is -2.21. The van der Waals surface area contributed by atoms with Crippen molar-refractivity contribution in [3.05, 3.63) is 12.7 Å². The Kier molecular flexibility index (Phi) is 5.07. The van der Waals surface area contributed by atoms with Crippen molar-refractivity contribution >= 4 is 11.9 Å². The van der Waals surface area contributed by atoms with Gasteiger partial charge in [-0.3, -0.25) is 9.59 Å². The van der Waals surface area contributed by atoms with Crippen LogP contribution >= 0.6 is 0 Å². The third kappa shape index (κ3) is 3.86. The summed E-state index contributed by atoms with van der Waals surface area (Å²) in [6, 6.07) is 0. The molecule has 0 bridgehead atoms. The van der Waals surface area contributed by atoms with Gasteiger partial charge >= 0.3 is 11.9 Å². The highest BCUT2D eigenvalue weighted by Crippen LogP contribution is 2.49. The number of rotatable bonds is 7. The van der Waals surface area contributed by atoms with E-state index in [1.807, 2.05) is 13.0 Å². The molecule has 118 valence electrons. The van der Waals surface area contributed by atoms with E-state index in [0.29, 0.717) is 5.92 Å². The van der Waals surface area contributed by atoms with Gasteiger partial charge in [-0.2, -0.15) is 0 Å². The Hall–Kier alpha value is -1.32. The van der Waals surface area contributed by atoms with E-state index >= 15 is 0 Å². The van der Waals surface area contributed by atoms with Crippen molar-refractivity contribution in [1.82, 2.24) is 0 Å². The summed E-state index contributed by atoms with van der Waals surface area (Å²) in [5.41, 5.74) is -0.360. The number of carbonyl (C=O) groups excluding carboxylic acids is 2. The minimum absolute atomic E-state index is 0.147. The van der Waals surface area contributed by atoms with Gasteiger partial charge in [0.05, 0.1) is 19.4 Å². The minimum Gasteiger partial charge on any atom is -0.469 e. The van der Waals surface area contributed by atoms with Crippen molar-refractivity contribution in [3.63, 3.8) is 0 Å². The number of carbonyl (C=O) groups is 2. The van der Waals surface area contributed by atoms with E-state index in [1.165, 1.54) is 7.11 Å².